The first kappa shape index (κ1) is 13.3. The highest BCUT2D eigenvalue weighted by Crippen LogP contribution is 2.29. The van der Waals surface area contributed by atoms with Gasteiger partial charge in [-0.05, 0) is 18.1 Å². The van der Waals surface area contributed by atoms with E-state index in [0.29, 0.717) is 0 Å². The minimum Gasteiger partial charge on any atom is -0.462 e. The van der Waals surface area contributed by atoms with Crippen LogP contribution < -0.4 is 0 Å². The van der Waals surface area contributed by atoms with Crippen molar-refractivity contribution >= 4 is 5.97 Å². The summed E-state index contributed by atoms with van der Waals surface area (Å²) in [6.07, 6.45) is -0.192. The maximum atomic E-state index is 11.2. The molecule has 2 nitrogen and oxygen atoms in total. The second-order valence-corrected chi connectivity index (χ2v) is 4.61. The van der Waals surface area contributed by atoms with Gasteiger partial charge in [0.2, 0.25) is 0 Å². The Balaban J connectivity index is 2.37. The van der Waals surface area contributed by atoms with Crippen molar-refractivity contribution in [3.63, 3.8) is 0 Å². The summed E-state index contributed by atoms with van der Waals surface area (Å²) < 4.78 is 5.38. The lowest BCUT2D eigenvalue weighted by atomic mass is 9.87. The van der Waals surface area contributed by atoms with E-state index in [9.17, 15) is 4.79 Å². The van der Waals surface area contributed by atoms with Gasteiger partial charge in [-0.15, -0.1) is 0 Å². The number of benzene rings is 2. The fourth-order valence-electron chi connectivity index (χ4n) is 2.39. The molecule has 0 saturated carbocycles. The molecule has 0 aliphatic heterocycles. The molecular formula is C17H18O2. The molecule has 0 unspecified atom stereocenters. The third-order valence-electron chi connectivity index (χ3n) is 3.14. The van der Waals surface area contributed by atoms with Gasteiger partial charge in [0, 0.05) is 12.8 Å². The monoisotopic (exact) mass is 254 g/mol. The van der Waals surface area contributed by atoms with Crippen molar-refractivity contribution in [2.45, 2.75) is 25.9 Å². The zero-order chi connectivity index (χ0) is 13.7. The number of esters is 1. The Hall–Kier alpha value is -2.09. The first-order valence-electron chi connectivity index (χ1n) is 6.45. The Morgan fingerprint density at radius 2 is 1.32 bits per heavy atom. The molecule has 0 aromatic heterocycles. The molecule has 2 heteroatoms. The molecule has 1 atom stereocenters. The van der Waals surface area contributed by atoms with Crippen LogP contribution in [0.3, 0.4) is 0 Å². The molecule has 98 valence electrons. The average Bonchev–Trinajstić information content (AvgIpc) is 2.40. The first-order chi connectivity index (χ1) is 9.18. The molecule has 0 N–H and O–H groups in total. The van der Waals surface area contributed by atoms with Gasteiger partial charge in [-0.1, -0.05) is 60.7 Å². The summed E-state index contributed by atoms with van der Waals surface area (Å²) in [6, 6.07) is 20.3. The molecule has 19 heavy (non-hydrogen) atoms. The van der Waals surface area contributed by atoms with Crippen LogP contribution in [0.4, 0.5) is 0 Å². The van der Waals surface area contributed by atoms with E-state index in [1.165, 1.54) is 6.92 Å². The van der Waals surface area contributed by atoms with E-state index < -0.39 is 0 Å². The van der Waals surface area contributed by atoms with Crippen LogP contribution in [0, 0.1) is 0 Å². The largest absolute Gasteiger partial charge is 0.462 e. The van der Waals surface area contributed by atoms with Crippen LogP contribution in [0.15, 0.2) is 60.7 Å². The van der Waals surface area contributed by atoms with Crippen LogP contribution in [0.25, 0.3) is 0 Å². The number of carbonyl (C=O) groups is 1. The standard InChI is InChI=1S/C17H18O2/c1-13(19-14(2)18)17(15-9-5-3-6-10-15)16-11-7-4-8-12-16/h3-13,17H,1-2H3/t13-/m1/s1. The van der Waals surface area contributed by atoms with Crippen molar-refractivity contribution in [1.82, 2.24) is 0 Å². The molecular weight excluding hydrogens is 236 g/mol. The highest BCUT2D eigenvalue weighted by atomic mass is 16.5. The maximum absolute atomic E-state index is 11.2. The summed E-state index contributed by atoms with van der Waals surface area (Å²) in [5.74, 6) is -0.185. The zero-order valence-corrected chi connectivity index (χ0v) is 11.2. The molecule has 0 aliphatic carbocycles. The predicted molar refractivity (Wildman–Crippen MR) is 76.0 cm³/mol. The lowest BCUT2D eigenvalue weighted by Crippen LogP contribution is -2.22. The Morgan fingerprint density at radius 3 is 1.68 bits per heavy atom. The number of hydrogen-bond acceptors (Lipinski definition) is 2. The summed E-state index contributed by atoms with van der Waals surface area (Å²) >= 11 is 0. The molecule has 2 aromatic carbocycles. The van der Waals surface area contributed by atoms with Gasteiger partial charge >= 0.3 is 5.97 Å². The number of rotatable bonds is 4. The Kier molecular flexibility index (Phi) is 4.35. The summed E-state index contributed by atoms with van der Waals surface area (Å²) in [5.41, 5.74) is 2.31. The van der Waals surface area contributed by atoms with Crippen molar-refractivity contribution in [1.29, 1.82) is 0 Å². The zero-order valence-electron chi connectivity index (χ0n) is 11.2. The molecule has 0 amide bonds. The minimum absolute atomic E-state index is 0.0614. The van der Waals surface area contributed by atoms with E-state index in [4.69, 9.17) is 4.74 Å². The first-order valence-corrected chi connectivity index (χ1v) is 6.45. The van der Waals surface area contributed by atoms with E-state index in [0.717, 1.165) is 11.1 Å². The van der Waals surface area contributed by atoms with Gasteiger partial charge in [-0.2, -0.15) is 0 Å². The maximum Gasteiger partial charge on any atom is 0.302 e. The summed E-state index contributed by atoms with van der Waals surface area (Å²) in [6.45, 7) is 3.38. The van der Waals surface area contributed by atoms with Crippen LogP contribution in [-0.4, -0.2) is 12.1 Å². The number of carbonyl (C=O) groups excluding carboxylic acids is 1. The Labute approximate surface area is 114 Å². The van der Waals surface area contributed by atoms with E-state index in [-0.39, 0.29) is 18.0 Å². The lowest BCUT2D eigenvalue weighted by Gasteiger charge is -2.24. The van der Waals surface area contributed by atoms with Gasteiger partial charge < -0.3 is 4.74 Å². The summed E-state index contributed by atoms with van der Waals surface area (Å²) in [5, 5.41) is 0. The van der Waals surface area contributed by atoms with Gasteiger partial charge in [-0.3, -0.25) is 4.79 Å². The quantitative estimate of drug-likeness (QED) is 0.776. The van der Waals surface area contributed by atoms with Crippen molar-refractivity contribution in [3.05, 3.63) is 71.8 Å². The summed E-state index contributed by atoms with van der Waals surface area (Å²) in [4.78, 5) is 11.2. The highest BCUT2D eigenvalue weighted by molar-refractivity contribution is 5.66. The predicted octanol–water partition coefficient (Wildman–Crippen LogP) is 3.77. The van der Waals surface area contributed by atoms with Crippen molar-refractivity contribution in [3.8, 4) is 0 Å². The smallest absolute Gasteiger partial charge is 0.302 e. The molecule has 2 rings (SSSR count). The fourth-order valence-corrected chi connectivity index (χ4v) is 2.39. The van der Waals surface area contributed by atoms with Gasteiger partial charge in [0.25, 0.3) is 0 Å². The molecule has 0 bridgehead atoms. The minimum atomic E-state index is -0.246. The molecule has 2 aromatic rings. The summed E-state index contributed by atoms with van der Waals surface area (Å²) in [7, 11) is 0. The van der Waals surface area contributed by atoms with E-state index in [1.54, 1.807) is 0 Å². The van der Waals surface area contributed by atoms with Crippen LogP contribution in [0.1, 0.15) is 30.9 Å². The van der Waals surface area contributed by atoms with E-state index in [1.807, 2.05) is 43.3 Å². The molecule has 0 spiro atoms. The van der Waals surface area contributed by atoms with Crippen molar-refractivity contribution in [2.75, 3.05) is 0 Å². The molecule has 0 aliphatic rings. The van der Waals surface area contributed by atoms with Gasteiger partial charge in [0.05, 0.1) is 0 Å². The SMILES string of the molecule is CC(=O)O[C@H](C)C(c1ccccc1)c1ccccc1. The second-order valence-electron chi connectivity index (χ2n) is 4.61. The van der Waals surface area contributed by atoms with Gasteiger partial charge in [0.15, 0.2) is 0 Å². The van der Waals surface area contributed by atoms with Crippen molar-refractivity contribution < 1.29 is 9.53 Å². The van der Waals surface area contributed by atoms with Crippen LogP contribution in [0.2, 0.25) is 0 Å². The van der Waals surface area contributed by atoms with E-state index >= 15 is 0 Å². The fraction of sp³-hybridized carbons (Fsp3) is 0.235. The highest BCUT2D eigenvalue weighted by Gasteiger charge is 2.23. The second kappa shape index (κ2) is 6.19. The van der Waals surface area contributed by atoms with Crippen LogP contribution >= 0.6 is 0 Å². The Bertz CT molecular complexity index is 480. The Morgan fingerprint density at radius 1 is 0.895 bits per heavy atom. The third-order valence-corrected chi connectivity index (χ3v) is 3.14. The van der Waals surface area contributed by atoms with Gasteiger partial charge in [-0.25, -0.2) is 0 Å². The topological polar surface area (TPSA) is 26.3 Å². The normalized spacial score (nSPS) is 12.2. The van der Waals surface area contributed by atoms with Crippen LogP contribution in [0.5, 0.6) is 0 Å². The number of hydrogen-bond donors (Lipinski definition) is 0. The van der Waals surface area contributed by atoms with Crippen LogP contribution in [-0.2, 0) is 9.53 Å². The average molecular weight is 254 g/mol. The molecule has 0 fully saturated rings. The number of ether oxygens (including phenoxy) is 1. The molecule has 0 radical (unpaired) electrons. The van der Waals surface area contributed by atoms with Gasteiger partial charge in [0.1, 0.15) is 6.10 Å². The van der Waals surface area contributed by atoms with E-state index in [2.05, 4.69) is 24.3 Å². The molecule has 0 saturated heterocycles. The van der Waals surface area contributed by atoms with Crippen molar-refractivity contribution in [2.24, 2.45) is 0 Å². The third kappa shape index (κ3) is 3.44. The molecule has 0 heterocycles. The lowest BCUT2D eigenvalue weighted by molar-refractivity contribution is -0.146.